The highest BCUT2D eigenvalue weighted by Crippen LogP contribution is 2.29. The minimum atomic E-state index is -0.902. The summed E-state index contributed by atoms with van der Waals surface area (Å²) in [6.07, 6.45) is 0.110. The average molecular weight is 412 g/mol. The standard InChI is InChI=1S/C21H20N2O7/c1-3-6-19-21(26)22(20(25)14-7-4-5-8-17(14)30-19)12-16(24)13-9-10-18(29-2)15(11-13)23(27)28/h4-5,7-11,19H,3,6,12H2,1-2H3. The first-order valence-electron chi connectivity index (χ1n) is 9.34. The van der Waals surface area contributed by atoms with Crippen molar-refractivity contribution in [3.8, 4) is 11.5 Å². The largest absolute Gasteiger partial charge is 0.490 e. The molecule has 2 aromatic rings. The number of carbonyl (C=O) groups excluding carboxylic acids is 3. The Balaban J connectivity index is 1.94. The fraction of sp³-hybridized carbons (Fsp3) is 0.286. The van der Waals surface area contributed by atoms with E-state index in [0.717, 1.165) is 11.0 Å². The van der Waals surface area contributed by atoms with Crippen LogP contribution in [0.5, 0.6) is 11.5 Å². The Bertz CT molecular complexity index is 1020. The zero-order valence-electron chi connectivity index (χ0n) is 16.5. The van der Waals surface area contributed by atoms with Crippen molar-refractivity contribution in [2.24, 2.45) is 0 Å². The topological polar surface area (TPSA) is 116 Å². The molecule has 0 fully saturated rings. The first kappa shape index (κ1) is 21.0. The van der Waals surface area contributed by atoms with Crippen LogP contribution in [-0.4, -0.2) is 47.2 Å². The maximum Gasteiger partial charge on any atom is 0.311 e. The molecule has 0 saturated carbocycles. The van der Waals surface area contributed by atoms with Gasteiger partial charge in [-0.3, -0.25) is 29.4 Å². The first-order valence-corrected chi connectivity index (χ1v) is 9.34. The quantitative estimate of drug-likeness (QED) is 0.297. The van der Waals surface area contributed by atoms with Gasteiger partial charge in [0.05, 0.1) is 24.1 Å². The van der Waals surface area contributed by atoms with E-state index >= 15 is 0 Å². The lowest BCUT2D eigenvalue weighted by atomic mass is 10.1. The molecule has 0 N–H and O–H groups in total. The Hall–Kier alpha value is -3.75. The van der Waals surface area contributed by atoms with Gasteiger partial charge in [-0.15, -0.1) is 0 Å². The van der Waals surface area contributed by atoms with Gasteiger partial charge < -0.3 is 9.47 Å². The van der Waals surface area contributed by atoms with Crippen molar-refractivity contribution in [1.82, 2.24) is 4.90 Å². The zero-order chi connectivity index (χ0) is 21.8. The van der Waals surface area contributed by atoms with Crippen molar-refractivity contribution in [3.05, 3.63) is 63.7 Å². The molecule has 156 valence electrons. The molecule has 0 radical (unpaired) electrons. The Morgan fingerprint density at radius 3 is 2.63 bits per heavy atom. The van der Waals surface area contributed by atoms with Crippen LogP contribution < -0.4 is 9.47 Å². The van der Waals surface area contributed by atoms with Crippen LogP contribution in [0.2, 0.25) is 0 Å². The molecule has 2 aromatic carbocycles. The number of imide groups is 1. The van der Waals surface area contributed by atoms with Crippen molar-refractivity contribution >= 4 is 23.3 Å². The van der Waals surface area contributed by atoms with E-state index in [1.165, 1.54) is 25.3 Å². The van der Waals surface area contributed by atoms with Gasteiger partial charge in [0.15, 0.2) is 17.6 Å². The lowest BCUT2D eigenvalue weighted by molar-refractivity contribution is -0.385. The third-order valence-corrected chi connectivity index (χ3v) is 4.72. The maximum atomic E-state index is 13.0. The number of ketones is 1. The minimum absolute atomic E-state index is 0.00353. The normalized spacial score (nSPS) is 15.8. The maximum absolute atomic E-state index is 13.0. The van der Waals surface area contributed by atoms with E-state index in [9.17, 15) is 24.5 Å². The summed E-state index contributed by atoms with van der Waals surface area (Å²) in [5.41, 5.74) is -0.207. The second kappa shape index (κ2) is 8.73. The number of amides is 2. The van der Waals surface area contributed by atoms with E-state index in [1.54, 1.807) is 18.2 Å². The highest BCUT2D eigenvalue weighted by atomic mass is 16.6. The third-order valence-electron chi connectivity index (χ3n) is 4.72. The molecule has 3 rings (SSSR count). The van der Waals surface area contributed by atoms with Gasteiger partial charge in [-0.05, 0) is 30.7 Å². The van der Waals surface area contributed by atoms with Crippen LogP contribution in [-0.2, 0) is 4.79 Å². The van der Waals surface area contributed by atoms with Crippen LogP contribution in [0.25, 0.3) is 0 Å². The van der Waals surface area contributed by atoms with Gasteiger partial charge in [0, 0.05) is 11.6 Å². The fourth-order valence-corrected chi connectivity index (χ4v) is 3.20. The van der Waals surface area contributed by atoms with Crippen molar-refractivity contribution in [3.63, 3.8) is 0 Å². The molecule has 0 saturated heterocycles. The fourth-order valence-electron chi connectivity index (χ4n) is 3.20. The van der Waals surface area contributed by atoms with Crippen LogP contribution >= 0.6 is 0 Å². The number of methoxy groups -OCH3 is 1. The van der Waals surface area contributed by atoms with E-state index in [2.05, 4.69) is 0 Å². The molecule has 1 heterocycles. The van der Waals surface area contributed by atoms with Crippen molar-refractivity contribution < 1.29 is 28.8 Å². The SMILES string of the molecule is CCCC1Oc2ccccc2C(=O)N(CC(=O)c2ccc(OC)c([N+](=O)[O-])c2)C1=O. The minimum Gasteiger partial charge on any atom is -0.490 e. The number of hydrogen-bond acceptors (Lipinski definition) is 7. The summed E-state index contributed by atoms with van der Waals surface area (Å²) in [6.45, 7) is 1.32. The molecular formula is C21H20N2O7. The summed E-state index contributed by atoms with van der Waals surface area (Å²) in [7, 11) is 1.28. The second-order valence-corrected chi connectivity index (χ2v) is 6.69. The molecule has 0 aromatic heterocycles. The summed E-state index contributed by atoms with van der Waals surface area (Å²) < 4.78 is 10.7. The molecular weight excluding hydrogens is 392 g/mol. The highest BCUT2D eigenvalue weighted by molar-refractivity contribution is 6.12. The van der Waals surface area contributed by atoms with Gasteiger partial charge in [0.2, 0.25) is 0 Å². The highest BCUT2D eigenvalue weighted by Gasteiger charge is 2.37. The predicted molar refractivity (Wildman–Crippen MR) is 106 cm³/mol. The molecule has 1 aliphatic heterocycles. The summed E-state index contributed by atoms with van der Waals surface area (Å²) >= 11 is 0. The number of rotatable bonds is 7. The number of benzene rings is 2. The van der Waals surface area contributed by atoms with E-state index < -0.39 is 35.2 Å². The lowest BCUT2D eigenvalue weighted by Gasteiger charge is -2.21. The van der Waals surface area contributed by atoms with Gasteiger partial charge in [0.25, 0.3) is 11.8 Å². The molecule has 9 heteroatoms. The Morgan fingerprint density at radius 1 is 1.23 bits per heavy atom. The number of hydrogen-bond donors (Lipinski definition) is 0. The number of Topliss-reactive ketones (excluding diaryl/α,β-unsaturated/α-hetero) is 1. The molecule has 0 bridgehead atoms. The average Bonchev–Trinajstić information content (AvgIpc) is 2.84. The molecule has 1 unspecified atom stereocenters. The smallest absolute Gasteiger partial charge is 0.311 e. The van der Waals surface area contributed by atoms with E-state index in [4.69, 9.17) is 9.47 Å². The van der Waals surface area contributed by atoms with Crippen LogP contribution in [0.15, 0.2) is 42.5 Å². The van der Waals surface area contributed by atoms with Crippen LogP contribution in [0, 0.1) is 10.1 Å². The van der Waals surface area contributed by atoms with Gasteiger partial charge in [-0.2, -0.15) is 0 Å². The molecule has 9 nitrogen and oxygen atoms in total. The van der Waals surface area contributed by atoms with Crippen LogP contribution in [0.3, 0.4) is 0 Å². The lowest BCUT2D eigenvalue weighted by Crippen LogP contribution is -2.45. The first-order chi connectivity index (χ1) is 14.4. The predicted octanol–water partition coefficient (Wildman–Crippen LogP) is 3.02. The number of fused-ring (bicyclic) bond motifs is 1. The summed E-state index contributed by atoms with van der Waals surface area (Å²) in [6, 6.07) is 10.2. The van der Waals surface area contributed by atoms with Gasteiger partial charge in [-0.1, -0.05) is 25.5 Å². The van der Waals surface area contributed by atoms with Crippen molar-refractivity contribution in [2.45, 2.75) is 25.9 Å². The van der Waals surface area contributed by atoms with E-state index in [1.807, 2.05) is 6.92 Å². The van der Waals surface area contributed by atoms with E-state index in [-0.39, 0.29) is 28.3 Å². The van der Waals surface area contributed by atoms with Gasteiger partial charge in [-0.25, -0.2) is 0 Å². The molecule has 1 aliphatic rings. The monoisotopic (exact) mass is 412 g/mol. The number of nitro benzene ring substituents is 1. The summed E-state index contributed by atoms with van der Waals surface area (Å²) in [5.74, 6) is -1.59. The van der Waals surface area contributed by atoms with E-state index in [0.29, 0.717) is 12.8 Å². The van der Waals surface area contributed by atoms with Gasteiger partial charge >= 0.3 is 5.69 Å². The molecule has 2 amide bonds. The molecule has 1 atom stereocenters. The summed E-state index contributed by atoms with van der Waals surface area (Å²) in [5, 5.41) is 11.2. The number of nitrogens with zero attached hydrogens (tertiary/aromatic N) is 2. The number of ether oxygens (including phenoxy) is 2. The third kappa shape index (κ3) is 4.00. The summed E-state index contributed by atoms with van der Waals surface area (Å²) in [4.78, 5) is 50.2. The molecule has 0 spiro atoms. The zero-order valence-corrected chi connectivity index (χ0v) is 16.5. The Kier molecular flexibility index (Phi) is 6.10. The Morgan fingerprint density at radius 2 is 1.97 bits per heavy atom. The Labute approximate surface area is 172 Å². The van der Waals surface area contributed by atoms with Gasteiger partial charge in [0.1, 0.15) is 5.75 Å². The molecule has 0 aliphatic carbocycles. The molecule has 30 heavy (non-hydrogen) atoms. The van der Waals surface area contributed by atoms with Crippen LogP contribution in [0.1, 0.15) is 40.5 Å². The second-order valence-electron chi connectivity index (χ2n) is 6.69. The van der Waals surface area contributed by atoms with Crippen molar-refractivity contribution in [1.29, 1.82) is 0 Å². The van der Waals surface area contributed by atoms with Crippen molar-refractivity contribution in [2.75, 3.05) is 13.7 Å². The number of para-hydroxylation sites is 1. The number of nitro groups is 1. The van der Waals surface area contributed by atoms with Crippen LogP contribution in [0.4, 0.5) is 5.69 Å². The number of carbonyl (C=O) groups is 3.